The zero-order chi connectivity index (χ0) is 17.2. The number of rotatable bonds is 4. The normalized spacial score (nSPS) is 20.5. The summed E-state index contributed by atoms with van der Waals surface area (Å²) in [7, 11) is 3.91. The molecule has 0 bridgehead atoms. The predicted molar refractivity (Wildman–Crippen MR) is 96.4 cm³/mol. The standard InChI is InChI=1S/C20H30N2O2/c1-16-4-5-17(14-18(16)24-3)6-7-19(23)22-12-9-20(10-13-22)8-11-21(2)15-20/h4-5,14H,6-13,15H2,1-3H3. The molecule has 24 heavy (non-hydrogen) atoms. The van der Waals surface area contributed by atoms with E-state index >= 15 is 0 Å². The molecule has 0 atom stereocenters. The highest BCUT2D eigenvalue weighted by Crippen LogP contribution is 2.39. The topological polar surface area (TPSA) is 32.8 Å². The van der Waals surface area contributed by atoms with E-state index < -0.39 is 0 Å². The van der Waals surface area contributed by atoms with Crippen molar-refractivity contribution in [1.82, 2.24) is 9.80 Å². The summed E-state index contributed by atoms with van der Waals surface area (Å²) in [5.41, 5.74) is 2.79. The zero-order valence-corrected chi connectivity index (χ0v) is 15.3. The van der Waals surface area contributed by atoms with Gasteiger partial charge < -0.3 is 14.5 Å². The fourth-order valence-electron chi connectivity index (χ4n) is 4.23. The van der Waals surface area contributed by atoms with E-state index in [1.807, 2.05) is 6.92 Å². The van der Waals surface area contributed by atoms with E-state index in [0.29, 0.717) is 17.7 Å². The van der Waals surface area contributed by atoms with Gasteiger partial charge in [0, 0.05) is 26.1 Å². The molecule has 4 heteroatoms. The van der Waals surface area contributed by atoms with Gasteiger partial charge in [0.15, 0.2) is 0 Å². The second kappa shape index (κ2) is 7.14. The highest BCUT2D eigenvalue weighted by molar-refractivity contribution is 5.76. The predicted octanol–water partition coefficient (Wildman–Crippen LogP) is 2.88. The first-order valence-electron chi connectivity index (χ1n) is 9.11. The average Bonchev–Trinajstić information content (AvgIpc) is 2.95. The number of aryl methyl sites for hydroxylation is 2. The number of piperidine rings is 1. The van der Waals surface area contributed by atoms with Crippen molar-refractivity contribution in [3.8, 4) is 5.75 Å². The number of ether oxygens (including phenoxy) is 1. The Morgan fingerprint density at radius 3 is 2.54 bits per heavy atom. The van der Waals surface area contributed by atoms with Crippen LogP contribution in [0.4, 0.5) is 0 Å². The first kappa shape index (κ1) is 17.3. The van der Waals surface area contributed by atoms with Crippen LogP contribution in [0.1, 0.15) is 36.8 Å². The molecule has 3 rings (SSSR count). The maximum atomic E-state index is 12.5. The summed E-state index contributed by atoms with van der Waals surface area (Å²) in [5.74, 6) is 1.21. The van der Waals surface area contributed by atoms with Crippen LogP contribution >= 0.6 is 0 Å². The Morgan fingerprint density at radius 2 is 1.92 bits per heavy atom. The minimum atomic E-state index is 0.302. The van der Waals surface area contributed by atoms with Crippen LogP contribution in [0.3, 0.4) is 0 Å². The fourth-order valence-corrected chi connectivity index (χ4v) is 4.23. The Labute approximate surface area is 145 Å². The Kier molecular flexibility index (Phi) is 5.14. The summed E-state index contributed by atoms with van der Waals surface area (Å²) in [6, 6.07) is 6.23. The minimum Gasteiger partial charge on any atom is -0.496 e. The summed E-state index contributed by atoms with van der Waals surface area (Å²) in [6.45, 7) is 6.33. The van der Waals surface area contributed by atoms with Gasteiger partial charge in [-0.3, -0.25) is 4.79 Å². The van der Waals surface area contributed by atoms with Crippen molar-refractivity contribution in [2.45, 2.75) is 39.0 Å². The van der Waals surface area contributed by atoms with Crippen molar-refractivity contribution in [2.75, 3.05) is 40.3 Å². The monoisotopic (exact) mass is 330 g/mol. The molecular formula is C20H30N2O2. The molecule has 0 N–H and O–H groups in total. The molecule has 132 valence electrons. The minimum absolute atomic E-state index is 0.302. The van der Waals surface area contributed by atoms with Crippen LogP contribution in [0.15, 0.2) is 18.2 Å². The van der Waals surface area contributed by atoms with Gasteiger partial charge in [-0.2, -0.15) is 0 Å². The molecule has 2 heterocycles. The molecular weight excluding hydrogens is 300 g/mol. The van der Waals surface area contributed by atoms with Gasteiger partial charge >= 0.3 is 0 Å². The molecule has 1 aromatic carbocycles. The molecule has 2 aliphatic heterocycles. The Bertz CT molecular complexity index is 591. The number of hydrogen-bond donors (Lipinski definition) is 0. The smallest absolute Gasteiger partial charge is 0.222 e. The van der Waals surface area contributed by atoms with E-state index in [2.05, 4.69) is 35.0 Å². The van der Waals surface area contributed by atoms with Gasteiger partial charge in [-0.15, -0.1) is 0 Å². The molecule has 1 spiro atoms. The second-order valence-corrected chi connectivity index (χ2v) is 7.67. The summed E-state index contributed by atoms with van der Waals surface area (Å²) in [4.78, 5) is 17.1. The summed E-state index contributed by atoms with van der Waals surface area (Å²) < 4.78 is 5.37. The fraction of sp³-hybridized carbons (Fsp3) is 0.650. The number of methoxy groups -OCH3 is 1. The average molecular weight is 330 g/mol. The Hall–Kier alpha value is -1.55. The molecule has 0 aromatic heterocycles. The van der Waals surface area contributed by atoms with Crippen molar-refractivity contribution < 1.29 is 9.53 Å². The van der Waals surface area contributed by atoms with Crippen LogP contribution in [0.2, 0.25) is 0 Å². The number of likely N-dealkylation sites (tertiary alicyclic amines) is 2. The van der Waals surface area contributed by atoms with Crippen LogP contribution in [-0.2, 0) is 11.2 Å². The van der Waals surface area contributed by atoms with Gasteiger partial charge in [-0.05, 0) is 68.8 Å². The second-order valence-electron chi connectivity index (χ2n) is 7.67. The van der Waals surface area contributed by atoms with Crippen LogP contribution in [0.25, 0.3) is 0 Å². The van der Waals surface area contributed by atoms with Crippen molar-refractivity contribution in [1.29, 1.82) is 0 Å². The SMILES string of the molecule is COc1cc(CCC(=O)N2CCC3(CCN(C)C3)CC2)ccc1C. The van der Waals surface area contributed by atoms with E-state index in [0.717, 1.165) is 30.8 Å². The number of amides is 1. The van der Waals surface area contributed by atoms with Gasteiger partial charge in [-0.1, -0.05) is 12.1 Å². The molecule has 2 aliphatic rings. The lowest BCUT2D eigenvalue weighted by atomic mass is 9.77. The van der Waals surface area contributed by atoms with Crippen molar-refractivity contribution in [2.24, 2.45) is 5.41 Å². The first-order chi connectivity index (χ1) is 11.5. The third kappa shape index (κ3) is 3.75. The van der Waals surface area contributed by atoms with Crippen molar-refractivity contribution in [3.05, 3.63) is 29.3 Å². The summed E-state index contributed by atoms with van der Waals surface area (Å²) >= 11 is 0. The van der Waals surface area contributed by atoms with Crippen molar-refractivity contribution >= 4 is 5.91 Å². The highest BCUT2D eigenvalue weighted by Gasteiger charge is 2.39. The lowest BCUT2D eigenvalue weighted by molar-refractivity contribution is -0.133. The first-order valence-corrected chi connectivity index (χ1v) is 9.11. The molecule has 1 amide bonds. The van der Waals surface area contributed by atoms with Gasteiger partial charge in [-0.25, -0.2) is 0 Å². The lowest BCUT2D eigenvalue weighted by Crippen LogP contribution is -2.44. The molecule has 0 saturated carbocycles. The van der Waals surface area contributed by atoms with E-state index in [-0.39, 0.29) is 0 Å². The van der Waals surface area contributed by atoms with E-state index in [9.17, 15) is 4.79 Å². The van der Waals surface area contributed by atoms with Crippen LogP contribution in [0.5, 0.6) is 5.75 Å². The van der Waals surface area contributed by atoms with Gasteiger partial charge in [0.2, 0.25) is 5.91 Å². The Morgan fingerprint density at radius 1 is 1.21 bits per heavy atom. The van der Waals surface area contributed by atoms with Gasteiger partial charge in [0.25, 0.3) is 0 Å². The molecule has 2 saturated heterocycles. The number of hydrogen-bond acceptors (Lipinski definition) is 3. The van der Waals surface area contributed by atoms with Crippen molar-refractivity contribution in [3.63, 3.8) is 0 Å². The zero-order valence-electron chi connectivity index (χ0n) is 15.3. The number of carbonyl (C=O) groups is 1. The Balaban J connectivity index is 1.49. The third-order valence-corrected chi connectivity index (χ3v) is 5.91. The third-order valence-electron chi connectivity index (χ3n) is 5.91. The van der Waals surface area contributed by atoms with Crippen LogP contribution in [0, 0.1) is 12.3 Å². The van der Waals surface area contributed by atoms with Crippen LogP contribution < -0.4 is 4.74 Å². The maximum Gasteiger partial charge on any atom is 0.222 e. The summed E-state index contributed by atoms with van der Waals surface area (Å²) in [5, 5.41) is 0. The largest absolute Gasteiger partial charge is 0.496 e. The quantitative estimate of drug-likeness (QED) is 0.851. The van der Waals surface area contributed by atoms with E-state index in [1.54, 1.807) is 7.11 Å². The number of carbonyl (C=O) groups excluding carboxylic acids is 1. The molecule has 1 aromatic rings. The van der Waals surface area contributed by atoms with Crippen LogP contribution in [-0.4, -0.2) is 56.0 Å². The van der Waals surface area contributed by atoms with Gasteiger partial charge in [0.1, 0.15) is 5.75 Å². The number of benzene rings is 1. The molecule has 4 nitrogen and oxygen atoms in total. The summed E-state index contributed by atoms with van der Waals surface area (Å²) in [6.07, 6.45) is 5.02. The molecule has 2 fully saturated rings. The molecule has 0 radical (unpaired) electrons. The highest BCUT2D eigenvalue weighted by atomic mass is 16.5. The molecule has 0 unspecified atom stereocenters. The van der Waals surface area contributed by atoms with E-state index in [1.165, 1.54) is 37.9 Å². The lowest BCUT2D eigenvalue weighted by Gasteiger charge is -2.39. The van der Waals surface area contributed by atoms with Gasteiger partial charge in [0.05, 0.1) is 7.11 Å². The maximum absolute atomic E-state index is 12.5. The molecule has 0 aliphatic carbocycles. The number of nitrogens with zero attached hydrogens (tertiary/aromatic N) is 2. The van der Waals surface area contributed by atoms with E-state index in [4.69, 9.17) is 4.74 Å².